The lowest BCUT2D eigenvalue weighted by Crippen LogP contribution is -2.36. The second-order valence-corrected chi connectivity index (χ2v) is 3.34. The van der Waals surface area contributed by atoms with Crippen molar-refractivity contribution >= 4 is 0 Å². The van der Waals surface area contributed by atoms with Crippen LogP contribution in [0.1, 0.15) is 26.2 Å². The molecule has 1 rings (SSSR count). The molecule has 0 aromatic carbocycles. The van der Waals surface area contributed by atoms with Gasteiger partial charge in [-0.05, 0) is 19.3 Å². The van der Waals surface area contributed by atoms with Crippen LogP contribution in [0.25, 0.3) is 0 Å². The molecule has 0 spiro atoms. The zero-order chi connectivity index (χ0) is 8.27. The molecule has 0 bridgehead atoms. The molecule has 0 saturated heterocycles. The fourth-order valence-corrected chi connectivity index (χ4v) is 1.95. The van der Waals surface area contributed by atoms with Crippen molar-refractivity contribution in [3.8, 4) is 0 Å². The van der Waals surface area contributed by atoms with Gasteiger partial charge in [0, 0.05) is 20.1 Å². The minimum Gasteiger partial charge on any atom is -0.381 e. The molecule has 66 valence electrons. The number of methoxy groups -OCH3 is 2. The Morgan fingerprint density at radius 1 is 1.00 bits per heavy atom. The first-order valence-corrected chi connectivity index (χ1v) is 4.35. The van der Waals surface area contributed by atoms with Crippen LogP contribution in [0.5, 0.6) is 0 Å². The van der Waals surface area contributed by atoms with E-state index >= 15 is 0 Å². The molecule has 0 aromatic rings. The highest BCUT2D eigenvalue weighted by Crippen LogP contribution is 2.28. The van der Waals surface area contributed by atoms with Crippen LogP contribution in [0.15, 0.2) is 0 Å². The topological polar surface area (TPSA) is 18.5 Å². The molecule has 0 unspecified atom stereocenters. The van der Waals surface area contributed by atoms with Gasteiger partial charge >= 0.3 is 0 Å². The Bertz CT molecular complexity index is 102. The summed E-state index contributed by atoms with van der Waals surface area (Å²) in [6, 6.07) is 0. The number of rotatable bonds is 2. The maximum atomic E-state index is 5.36. The Morgan fingerprint density at radius 2 is 1.45 bits per heavy atom. The maximum Gasteiger partial charge on any atom is 0.0621 e. The van der Waals surface area contributed by atoms with Crippen molar-refractivity contribution in [3.63, 3.8) is 0 Å². The van der Waals surface area contributed by atoms with Gasteiger partial charge < -0.3 is 9.47 Å². The molecule has 1 fully saturated rings. The minimum absolute atomic E-state index is 0.411. The standard InChI is InChI=1S/C9H18O2/c1-7-8(10-2)5-4-6-9(7)11-3/h7-9H,4-6H2,1-3H3/t8-,9-/m0/s1. The predicted octanol–water partition coefficient (Wildman–Crippen LogP) is 1.84. The lowest BCUT2D eigenvalue weighted by molar-refractivity contribution is -0.0556. The van der Waals surface area contributed by atoms with E-state index in [-0.39, 0.29) is 0 Å². The van der Waals surface area contributed by atoms with Gasteiger partial charge in [-0.1, -0.05) is 6.92 Å². The van der Waals surface area contributed by atoms with Crippen LogP contribution >= 0.6 is 0 Å². The van der Waals surface area contributed by atoms with Gasteiger partial charge in [-0.2, -0.15) is 0 Å². The van der Waals surface area contributed by atoms with E-state index in [1.54, 1.807) is 14.2 Å². The summed E-state index contributed by atoms with van der Waals surface area (Å²) in [5, 5.41) is 0. The van der Waals surface area contributed by atoms with Crippen molar-refractivity contribution in [2.45, 2.75) is 38.4 Å². The summed E-state index contributed by atoms with van der Waals surface area (Å²) in [5.41, 5.74) is 0. The highest BCUT2D eigenvalue weighted by atomic mass is 16.5. The third-order valence-electron chi connectivity index (χ3n) is 2.76. The first-order chi connectivity index (χ1) is 5.29. The third-order valence-corrected chi connectivity index (χ3v) is 2.76. The summed E-state index contributed by atoms with van der Waals surface area (Å²) in [6.07, 6.45) is 4.44. The normalized spacial score (nSPS) is 34.1. The van der Waals surface area contributed by atoms with Crippen molar-refractivity contribution in [2.24, 2.45) is 5.92 Å². The van der Waals surface area contributed by atoms with Crippen molar-refractivity contribution < 1.29 is 9.47 Å². The van der Waals surface area contributed by atoms with E-state index in [9.17, 15) is 0 Å². The third kappa shape index (κ3) is 1.94. The van der Waals surface area contributed by atoms with Crippen LogP contribution < -0.4 is 0 Å². The second-order valence-electron chi connectivity index (χ2n) is 3.34. The Hall–Kier alpha value is -0.0800. The lowest BCUT2D eigenvalue weighted by Gasteiger charge is -2.33. The molecular formula is C9H18O2. The summed E-state index contributed by atoms with van der Waals surface area (Å²) < 4.78 is 10.7. The van der Waals surface area contributed by atoms with E-state index in [1.807, 2.05) is 0 Å². The van der Waals surface area contributed by atoms with E-state index in [0.29, 0.717) is 18.1 Å². The van der Waals surface area contributed by atoms with Crippen molar-refractivity contribution in [3.05, 3.63) is 0 Å². The fourth-order valence-electron chi connectivity index (χ4n) is 1.95. The van der Waals surface area contributed by atoms with Crippen LogP contribution in [0, 0.1) is 5.92 Å². The van der Waals surface area contributed by atoms with Crippen LogP contribution in [-0.4, -0.2) is 26.4 Å². The van der Waals surface area contributed by atoms with Crippen LogP contribution in [-0.2, 0) is 9.47 Å². The van der Waals surface area contributed by atoms with Gasteiger partial charge in [0.25, 0.3) is 0 Å². The molecule has 2 nitrogen and oxygen atoms in total. The summed E-state index contributed by atoms with van der Waals surface area (Å²) >= 11 is 0. The quantitative estimate of drug-likeness (QED) is 0.610. The zero-order valence-corrected chi connectivity index (χ0v) is 7.67. The molecule has 11 heavy (non-hydrogen) atoms. The van der Waals surface area contributed by atoms with Crippen molar-refractivity contribution in [1.82, 2.24) is 0 Å². The lowest BCUT2D eigenvalue weighted by atomic mass is 9.85. The molecule has 2 heteroatoms. The molecule has 0 heterocycles. The average Bonchev–Trinajstić information content (AvgIpc) is 2.05. The minimum atomic E-state index is 0.411. The molecule has 1 aliphatic carbocycles. The van der Waals surface area contributed by atoms with E-state index in [1.165, 1.54) is 19.3 Å². The highest BCUT2D eigenvalue weighted by molar-refractivity contribution is 4.80. The molecular weight excluding hydrogens is 140 g/mol. The van der Waals surface area contributed by atoms with Crippen molar-refractivity contribution in [2.75, 3.05) is 14.2 Å². The van der Waals surface area contributed by atoms with Gasteiger partial charge in [0.05, 0.1) is 12.2 Å². The summed E-state index contributed by atoms with van der Waals surface area (Å²) in [7, 11) is 3.58. The molecule has 0 amide bonds. The smallest absolute Gasteiger partial charge is 0.0621 e. The molecule has 0 radical (unpaired) electrons. The Labute approximate surface area is 68.9 Å². The van der Waals surface area contributed by atoms with Gasteiger partial charge in [-0.3, -0.25) is 0 Å². The first-order valence-electron chi connectivity index (χ1n) is 4.35. The van der Waals surface area contributed by atoms with Crippen LogP contribution in [0.3, 0.4) is 0 Å². The largest absolute Gasteiger partial charge is 0.381 e. The second kappa shape index (κ2) is 4.07. The number of ether oxygens (including phenoxy) is 2. The molecule has 1 aliphatic rings. The molecule has 0 aliphatic heterocycles. The zero-order valence-electron chi connectivity index (χ0n) is 7.67. The Kier molecular flexibility index (Phi) is 3.34. The van der Waals surface area contributed by atoms with Crippen molar-refractivity contribution in [1.29, 1.82) is 0 Å². The van der Waals surface area contributed by atoms with E-state index < -0.39 is 0 Å². The van der Waals surface area contributed by atoms with Gasteiger partial charge in [0.1, 0.15) is 0 Å². The summed E-state index contributed by atoms with van der Waals surface area (Å²) in [6.45, 7) is 2.21. The van der Waals surface area contributed by atoms with E-state index in [4.69, 9.17) is 9.47 Å². The number of hydrogen-bond acceptors (Lipinski definition) is 2. The summed E-state index contributed by atoms with van der Waals surface area (Å²) in [4.78, 5) is 0. The maximum absolute atomic E-state index is 5.36. The first kappa shape index (κ1) is 9.01. The van der Waals surface area contributed by atoms with Gasteiger partial charge in [-0.15, -0.1) is 0 Å². The van der Waals surface area contributed by atoms with E-state index in [0.717, 1.165) is 0 Å². The van der Waals surface area contributed by atoms with E-state index in [2.05, 4.69) is 6.92 Å². The van der Waals surface area contributed by atoms with Gasteiger partial charge in [0.15, 0.2) is 0 Å². The molecule has 0 aromatic heterocycles. The van der Waals surface area contributed by atoms with Gasteiger partial charge in [-0.25, -0.2) is 0 Å². The molecule has 2 atom stereocenters. The fraction of sp³-hybridized carbons (Fsp3) is 1.00. The Balaban J connectivity index is 2.45. The average molecular weight is 158 g/mol. The highest BCUT2D eigenvalue weighted by Gasteiger charge is 2.29. The monoisotopic (exact) mass is 158 g/mol. The summed E-state index contributed by atoms with van der Waals surface area (Å²) in [5.74, 6) is 0.554. The molecule has 0 N–H and O–H groups in total. The SMILES string of the molecule is CO[C@H]1CCC[C@H](OC)C1C. The van der Waals surface area contributed by atoms with Crippen LogP contribution in [0.4, 0.5) is 0 Å². The Morgan fingerprint density at radius 3 is 1.82 bits per heavy atom. The molecule has 1 saturated carbocycles. The number of hydrogen-bond donors (Lipinski definition) is 0. The predicted molar refractivity (Wildman–Crippen MR) is 44.6 cm³/mol. The van der Waals surface area contributed by atoms with Crippen LogP contribution in [0.2, 0.25) is 0 Å². The van der Waals surface area contributed by atoms with Gasteiger partial charge in [0.2, 0.25) is 0 Å².